The highest BCUT2D eigenvalue weighted by Gasteiger charge is 2.30. The average molecular weight is 164 g/mol. The molecule has 1 heterocycles. The van der Waals surface area contributed by atoms with E-state index in [0.717, 1.165) is 11.5 Å². The molecule has 60 valence electrons. The summed E-state index contributed by atoms with van der Waals surface area (Å²) in [6.07, 6.45) is 1.57. The van der Waals surface area contributed by atoms with Crippen LogP contribution in [0.1, 0.15) is 19.3 Å². The Labute approximate surface area is 65.0 Å². The molecule has 0 radical (unpaired) electrons. The third-order valence-corrected chi connectivity index (χ3v) is 2.93. The molecule has 10 heavy (non-hydrogen) atoms. The summed E-state index contributed by atoms with van der Waals surface area (Å²) in [5, 5.41) is 8.54. The van der Waals surface area contributed by atoms with Crippen LogP contribution in [0, 0.1) is 0 Å². The van der Waals surface area contributed by atoms with E-state index in [-0.39, 0.29) is 6.61 Å². The van der Waals surface area contributed by atoms with Crippen molar-refractivity contribution in [3.05, 3.63) is 0 Å². The quantitative estimate of drug-likeness (QED) is 0.669. The molecule has 1 aliphatic rings. The van der Waals surface area contributed by atoms with Gasteiger partial charge in [-0.2, -0.15) is 11.8 Å². The van der Waals surface area contributed by atoms with Crippen molar-refractivity contribution < 1.29 is 9.50 Å². The summed E-state index contributed by atoms with van der Waals surface area (Å²) in [6, 6.07) is 0. The minimum absolute atomic E-state index is 0.0127. The number of rotatable bonds is 2. The van der Waals surface area contributed by atoms with E-state index >= 15 is 0 Å². The van der Waals surface area contributed by atoms with Crippen molar-refractivity contribution in [3.63, 3.8) is 0 Å². The third-order valence-electron chi connectivity index (χ3n) is 1.95. The monoisotopic (exact) mass is 164 g/mol. The van der Waals surface area contributed by atoms with E-state index in [1.807, 2.05) is 0 Å². The van der Waals surface area contributed by atoms with Gasteiger partial charge in [0.25, 0.3) is 0 Å². The van der Waals surface area contributed by atoms with Crippen LogP contribution in [0.3, 0.4) is 0 Å². The highest BCUT2D eigenvalue weighted by atomic mass is 32.2. The largest absolute Gasteiger partial charge is 0.396 e. The van der Waals surface area contributed by atoms with Gasteiger partial charge < -0.3 is 5.11 Å². The van der Waals surface area contributed by atoms with Gasteiger partial charge in [-0.25, -0.2) is 4.39 Å². The average Bonchev–Trinajstić information content (AvgIpc) is 1.89. The molecule has 1 aliphatic heterocycles. The van der Waals surface area contributed by atoms with Gasteiger partial charge >= 0.3 is 0 Å². The zero-order valence-corrected chi connectivity index (χ0v) is 6.79. The molecule has 0 aromatic rings. The fourth-order valence-electron chi connectivity index (χ4n) is 1.19. The van der Waals surface area contributed by atoms with Gasteiger partial charge in [-0.15, -0.1) is 0 Å². The molecular weight excluding hydrogens is 151 g/mol. The van der Waals surface area contributed by atoms with E-state index in [1.165, 1.54) is 0 Å². The number of hydrogen-bond donors (Lipinski definition) is 1. The second-order valence-corrected chi connectivity index (χ2v) is 3.96. The van der Waals surface area contributed by atoms with Gasteiger partial charge in [0.15, 0.2) is 0 Å². The van der Waals surface area contributed by atoms with Crippen LogP contribution < -0.4 is 0 Å². The zero-order valence-electron chi connectivity index (χ0n) is 5.98. The van der Waals surface area contributed by atoms with Crippen molar-refractivity contribution in [3.8, 4) is 0 Å². The van der Waals surface area contributed by atoms with Crippen LogP contribution in [-0.2, 0) is 0 Å². The lowest BCUT2D eigenvalue weighted by Crippen LogP contribution is -2.29. The van der Waals surface area contributed by atoms with E-state index in [1.54, 1.807) is 11.8 Å². The standard InChI is InChI=1S/C7H13FOS/c8-7(1-4-9)2-5-10-6-3-7/h9H,1-6H2. The number of alkyl halides is 1. The van der Waals surface area contributed by atoms with Crippen LogP contribution in [0.15, 0.2) is 0 Å². The summed E-state index contributed by atoms with van der Waals surface area (Å²) >= 11 is 1.80. The number of aliphatic hydroxyl groups is 1. The van der Waals surface area contributed by atoms with Crippen LogP contribution >= 0.6 is 11.8 Å². The second-order valence-electron chi connectivity index (χ2n) is 2.74. The first-order valence-electron chi connectivity index (χ1n) is 3.64. The van der Waals surface area contributed by atoms with Gasteiger partial charge in [-0.1, -0.05) is 0 Å². The molecule has 1 rings (SSSR count). The molecule has 0 aromatic heterocycles. The van der Waals surface area contributed by atoms with E-state index in [9.17, 15) is 4.39 Å². The predicted octanol–water partition coefficient (Wildman–Crippen LogP) is 1.60. The fraction of sp³-hybridized carbons (Fsp3) is 1.00. The minimum Gasteiger partial charge on any atom is -0.396 e. The molecule has 0 unspecified atom stereocenters. The molecular formula is C7H13FOS. The highest BCUT2D eigenvalue weighted by Crippen LogP contribution is 2.32. The maximum atomic E-state index is 13.4. The molecule has 0 amide bonds. The predicted molar refractivity (Wildman–Crippen MR) is 42.1 cm³/mol. The molecule has 3 heteroatoms. The van der Waals surface area contributed by atoms with Crippen molar-refractivity contribution in [1.29, 1.82) is 0 Å². The van der Waals surface area contributed by atoms with Crippen molar-refractivity contribution in [2.24, 2.45) is 0 Å². The molecule has 1 nitrogen and oxygen atoms in total. The zero-order chi connectivity index (χ0) is 7.45. The molecule has 0 atom stereocenters. The lowest BCUT2D eigenvalue weighted by Gasteiger charge is -2.28. The molecule has 0 aliphatic carbocycles. The Morgan fingerprint density at radius 2 is 2.00 bits per heavy atom. The number of thioether (sulfide) groups is 1. The van der Waals surface area contributed by atoms with E-state index in [2.05, 4.69) is 0 Å². The van der Waals surface area contributed by atoms with Crippen molar-refractivity contribution >= 4 is 11.8 Å². The first kappa shape index (κ1) is 8.34. The Morgan fingerprint density at radius 3 is 2.50 bits per heavy atom. The smallest absolute Gasteiger partial charge is 0.114 e. The highest BCUT2D eigenvalue weighted by molar-refractivity contribution is 7.99. The van der Waals surface area contributed by atoms with Gasteiger partial charge in [-0.05, 0) is 24.3 Å². The fourth-order valence-corrected chi connectivity index (χ4v) is 2.41. The third kappa shape index (κ3) is 2.13. The Kier molecular flexibility index (Phi) is 2.98. The lowest BCUT2D eigenvalue weighted by atomic mass is 9.96. The van der Waals surface area contributed by atoms with Crippen LogP contribution in [0.25, 0.3) is 0 Å². The molecule has 0 bridgehead atoms. The molecule has 1 N–H and O–H groups in total. The maximum Gasteiger partial charge on any atom is 0.114 e. The van der Waals surface area contributed by atoms with Gasteiger partial charge in [0.05, 0.1) is 0 Å². The molecule has 0 spiro atoms. The summed E-state index contributed by atoms with van der Waals surface area (Å²) < 4.78 is 13.4. The molecule has 0 saturated carbocycles. The SMILES string of the molecule is OCCC1(F)CCSCC1. The first-order chi connectivity index (χ1) is 4.77. The maximum absolute atomic E-state index is 13.4. The van der Waals surface area contributed by atoms with Gasteiger partial charge in [0.1, 0.15) is 5.67 Å². The number of halogens is 1. The second kappa shape index (κ2) is 3.58. The topological polar surface area (TPSA) is 20.2 Å². The van der Waals surface area contributed by atoms with Crippen molar-refractivity contribution in [1.82, 2.24) is 0 Å². The summed E-state index contributed by atoms with van der Waals surface area (Å²) in [5.74, 6) is 1.83. The number of hydrogen-bond acceptors (Lipinski definition) is 2. The molecule has 1 saturated heterocycles. The summed E-state index contributed by atoms with van der Waals surface area (Å²) in [4.78, 5) is 0. The summed E-state index contributed by atoms with van der Waals surface area (Å²) in [6.45, 7) is -0.0127. The Hall–Kier alpha value is 0.240. The normalized spacial score (nSPS) is 24.6. The summed E-state index contributed by atoms with van der Waals surface area (Å²) in [7, 11) is 0. The van der Waals surface area contributed by atoms with Crippen LogP contribution in [0.2, 0.25) is 0 Å². The van der Waals surface area contributed by atoms with Crippen molar-refractivity contribution in [2.45, 2.75) is 24.9 Å². The lowest BCUT2D eigenvalue weighted by molar-refractivity contribution is 0.105. The van der Waals surface area contributed by atoms with Crippen LogP contribution in [0.5, 0.6) is 0 Å². The van der Waals surface area contributed by atoms with E-state index in [4.69, 9.17) is 5.11 Å². The minimum atomic E-state index is -1.04. The first-order valence-corrected chi connectivity index (χ1v) is 4.80. The number of aliphatic hydroxyl groups excluding tert-OH is 1. The molecule has 1 fully saturated rings. The van der Waals surface area contributed by atoms with Crippen LogP contribution in [-0.4, -0.2) is 28.9 Å². The molecule has 0 aromatic carbocycles. The van der Waals surface area contributed by atoms with E-state index < -0.39 is 5.67 Å². The Bertz CT molecular complexity index is 96.3. The van der Waals surface area contributed by atoms with Gasteiger partial charge in [-0.3, -0.25) is 0 Å². The van der Waals surface area contributed by atoms with Crippen LogP contribution in [0.4, 0.5) is 4.39 Å². The Morgan fingerprint density at radius 1 is 1.40 bits per heavy atom. The Balaban J connectivity index is 2.32. The van der Waals surface area contributed by atoms with Crippen molar-refractivity contribution in [2.75, 3.05) is 18.1 Å². The summed E-state index contributed by atoms with van der Waals surface area (Å²) in [5.41, 5.74) is -1.04. The van der Waals surface area contributed by atoms with Gasteiger partial charge in [0.2, 0.25) is 0 Å². The van der Waals surface area contributed by atoms with E-state index in [0.29, 0.717) is 19.3 Å². The van der Waals surface area contributed by atoms with Gasteiger partial charge in [0, 0.05) is 13.0 Å².